The Kier molecular flexibility index (Phi) is 2.18. The van der Waals surface area contributed by atoms with Gasteiger partial charge in [-0.15, -0.1) is 0 Å². The molecular weight excluding hydrogens is 215 g/mol. The van der Waals surface area contributed by atoms with Crippen molar-refractivity contribution in [3.63, 3.8) is 0 Å². The first-order valence-corrected chi connectivity index (χ1v) is 5.44. The average Bonchev–Trinajstić information content (AvgIpc) is 2.72. The van der Waals surface area contributed by atoms with Crippen molar-refractivity contribution in [3.8, 4) is 11.3 Å². The summed E-state index contributed by atoms with van der Waals surface area (Å²) in [6, 6.07) is 10.4. The number of hydrogen-bond acceptors (Lipinski definition) is 1. The summed E-state index contributed by atoms with van der Waals surface area (Å²) in [6.07, 6.45) is 3.98. The van der Waals surface area contributed by atoms with Crippen LogP contribution in [0.4, 0.5) is 4.39 Å². The highest BCUT2D eigenvalue weighted by molar-refractivity contribution is 5.62. The molecule has 0 spiro atoms. The molecule has 0 amide bonds. The molecule has 3 heteroatoms. The third-order valence-electron chi connectivity index (χ3n) is 2.74. The van der Waals surface area contributed by atoms with Crippen molar-refractivity contribution in [2.45, 2.75) is 6.92 Å². The lowest BCUT2D eigenvalue weighted by Crippen LogP contribution is -1.82. The molecule has 0 bridgehead atoms. The molecule has 0 saturated heterocycles. The number of imidazole rings is 1. The number of fused-ring (bicyclic) bond motifs is 1. The van der Waals surface area contributed by atoms with Crippen molar-refractivity contribution in [2.75, 3.05) is 0 Å². The Balaban J connectivity index is 2.14. The van der Waals surface area contributed by atoms with Gasteiger partial charge in [-0.1, -0.05) is 6.07 Å². The van der Waals surface area contributed by atoms with E-state index >= 15 is 0 Å². The van der Waals surface area contributed by atoms with Crippen LogP contribution in [-0.2, 0) is 0 Å². The molecule has 0 aliphatic heterocycles. The standard InChI is InChI=1S/C14H11FN2/c1-10-2-7-14-16-13(9-17(14)8-10)11-3-5-12(15)6-4-11/h2-9H,1H3. The van der Waals surface area contributed by atoms with Crippen LogP contribution in [0.3, 0.4) is 0 Å². The van der Waals surface area contributed by atoms with Crippen LogP contribution in [0.1, 0.15) is 5.56 Å². The predicted octanol–water partition coefficient (Wildman–Crippen LogP) is 3.45. The fourth-order valence-corrected chi connectivity index (χ4v) is 1.86. The first-order valence-electron chi connectivity index (χ1n) is 5.44. The van der Waals surface area contributed by atoms with Crippen LogP contribution in [0.5, 0.6) is 0 Å². The van der Waals surface area contributed by atoms with Gasteiger partial charge in [0.25, 0.3) is 0 Å². The van der Waals surface area contributed by atoms with E-state index in [4.69, 9.17) is 0 Å². The van der Waals surface area contributed by atoms with Gasteiger partial charge in [-0.05, 0) is 42.8 Å². The lowest BCUT2D eigenvalue weighted by Gasteiger charge is -1.94. The van der Waals surface area contributed by atoms with Crippen molar-refractivity contribution < 1.29 is 4.39 Å². The van der Waals surface area contributed by atoms with Gasteiger partial charge in [-0.25, -0.2) is 9.37 Å². The topological polar surface area (TPSA) is 17.3 Å². The molecule has 0 fully saturated rings. The van der Waals surface area contributed by atoms with E-state index in [1.165, 1.54) is 17.7 Å². The van der Waals surface area contributed by atoms with Crippen LogP contribution in [0, 0.1) is 12.7 Å². The van der Waals surface area contributed by atoms with Gasteiger partial charge < -0.3 is 4.40 Å². The van der Waals surface area contributed by atoms with Gasteiger partial charge in [0.1, 0.15) is 11.5 Å². The van der Waals surface area contributed by atoms with Crippen molar-refractivity contribution >= 4 is 5.65 Å². The van der Waals surface area contributed by atoms with Crippen LogP contribution in [0.25, 0.3) is 16.9 Å². The molecule has 0 aliphatic carbocycles. The van der Waals surface area contributed by atoms with Crippen LogP contribution < -0.4 is 0 Å². The maximum absolute atomic E-state index is 12.8. The Morgan fingerprint density at radius 1 is 1.00 bits per heavy atom. The monoisotopic (exact) mass is 226 g/mol. The van der Waals surface area contributed by atoms with E-state index in [2.05, 4.69) is 4.98 Å². The number of nitrogens with zero attached hydrogens (tertiary/aromatic N) is 2. The SMILES string of the molecule is Cc1ccc2nc(-c3ccc(F)cc3)cn2c1. The summed E-state index contributed by atoms with van der Waals surface area (Å²) in [4.78, 5) is 4.49. The Morgan fingerprint density at radius 2 is 1.76 bits per heavy atom. The molecule has 2 aromatic heterocycles. The van der Waals surface area contributed by atoms with E-state index in [0.29, 0.717) is 0 Å². The molecule has 0 unspecified atom stereocenters. The molecule has 0 radical (unpaired) electrons. The largest absolute Gasteiger partial charge is 0.306 e. The first kappa shape index (κ1) is 10.0. The quantitative estimate of drug-likeness (QED) is 0.621. The van der Waals surface area contributed by atoms with Crippen LogP contribution in [0.2, 0.25) is 0 Å². The minimum absolute atomic E-state index is 0.228. The highest BCUT2D eigenvalue weighted by atomic mass is 19.1. The zero-order valence-electron chi connectivity index (χ0n) is 9.39. The number of aryl methyl sites for hydroxylation is 1. The van der Waals surface area contributed by atoms with E-state index in [-0.39, 0.29) is 5.82 Å². The second-order valence-electron chi connectivity index (χ2n) is 4.10. The fourth-order valence-electron chi connectivity index (χ4n) is 1.86. The highest BCUT2D eigenvalue weighted by Crippen LogP contribution is 2.19. The molecule has 3 rings (SSSR count). The number of benzene rings is 1. The highest BCUT2D eigenvalue weighted by Gasteiger charge is 2.04. The van der Waals surface area contributed by atoms with Gasteiger partial charge in [0.15, 0.2) is 0 Å². The van der Waals surface area contributed by atoms with Gasteiger partial charge in [-0.2, -0.15) is 0 Å². The van der Waals surface area contributed by atoms with Gasteiger partial charge in [0.05, 0.1) is 5.69 Å². The summed E-state index contributed by atoms with van der Waals surface area (Å²) in [6.45, 7) is 2.04. The van der Waals surface area contributed by atoms with Crippen LogP contribution >= 0.6 is 0 Å². The molecule has 2 heterocycles. The number of rotatable bonds is 1. The Bertz CT molecular complexity index is 668. The number of hydrogen-bond donors (Lipinski definition) is 0. The number of pyridine rings is 1. The minimum atomic E-state index is -0.228. The van der Waals surface area contributed by atoms with Gasteiger partial charge in [-0.3, -0.25) is 0 Å². The molecule has 3 aromatic rings. The van der Waals surface area contributed by atoms with E-state index in [0.717, 1.165) is 16.9 Å². The smallest absolute Gasteiger partial charge is 0.137 e. The van der Waals surface area contributed by atoms with Gasteiger partial charge in [0.2, 0.25) is 0 Å². The van der Waals surface area contributed by atoms with Crippen molar-refractivity contribution in [1.82, 2.24) is 9.38 Å². The van der Waals surface area contributed by atoms with E-state index in [1.807, 2.05) is 35.9 Å². The lowest BCUT2D eigenvalue weighted by molar-refractivity contribution is 0.628. The molecule has 84 valence electrons. The zero-order valence-corrected chi connectivity index (χ0v) is 9.39. The second-order valence-corrected chi connectivity index (χ2v) is 4.10. The van der Waals surface area contributed by atoms with E-state index in [1.54, 1.807) is 12.1 Å². The van der Waals surface area contributed by atoms with Crippen LogP contribution in [0.15, 0.2) is 48.8 Å². The second kappa shape index (κ2) is 3.70. The molecule has 2 nitrogen and oxygen atoms in total. The average molecular weight is 226 g/mol. The Morgan fingerprint density at radius 3 is 2.53 bits per heavy atom. The van der Waals surface area contributed by atoms with Crippen molar-refractivity contribution in [3.05, 3.63) is 60.2 Å². The van der Waals surface area contributed by atoms with Crippen LogP contribution in [-0.4, -0.2) is 9.38 Å². The third-order valence-corrected chi connectivity index (χ3v) is 2.74. The molecule has 0 saturated carbocycles. The van der Waals surface area contributed by atoms with E-state index < -0.39 is 0 Å². The van der Waals surface area contributed by atoms with Crippen molar-refractivity contribution in [1.29, 1.82) is 0 Å². The maximum Gasteiger partial charge on any atom is 0.137 e. The fraction of sp³-hybridized carbons (Fsp3) is 0.0714. The van der Waals surface area contributed by atoms with Crippen molar-refractivity contribution in [2.24, 2.45) is 0 Å². The molecule has 0 atom stereocenters. The normalized spacial score (nSPS) is 10.9. The zero-order chi connectivity index (χ0) is 11.8. The molecule has 0 N–H and O–H groups in total. The number of halogens is 1. The summed E-state index contributed by atoms with van der Waals surface area (Å²) < 4.78 is 14.8. The minimum Gasteiger partial charge on any atom is -0.306 e. The summed E-state index contributed by atoms with van der Waals surface area (Å²) >= 11 is 0. The summed E-state index contributed by atoms with van der Waals surface area (Å²) in [5.41, 5.74) is 3.86. The van der Waals surface area contributed by atoms with Gasteiger partial charge in [0, 0.05) is 18.0 Å². The molecule has 1 aromatic carbocycles. The summed E-state index contributed by atoms with van der Waals surface area (Å²) in [5, 5.41) is 0. The Labute approximate surface area is 98.4 Å². The lowest BCUT2D eigenvalue weighted by atomic mass is 10.2. The van der Waals surface area contributed by atoms with Gasteiger partial charge >= 0.3 is 0 Å². The molecule has 17 heavy (non-hydrogen) atoms. The third kappa shape index (κ3) is 1.80. The Hall–Kier alpha value is -2.16. The summed E-state index contributed by atoms with van der Waals surface area (Å²) in [5.74, 6) is -0.228. The predicted molar refractivity (Wildman–Crippen MR) is 65.3 cm³/mol. The van der Waals surface area contributed by atoms with E-state index in [9.17, 15) is 4.39 Å². The summed E-state index contributed by atoms with van der Waals surface area (Å²) in [7, 11) is 0. The molecule has 0 aliphatic rings. The first-order chi connectivity index (χ1) is 8.22. The molecular formula is C14H11FN2. The maximum atomic E-state index is 12.8. The number of aromatic nitrogens is 2.